The Balaban J connectivity index is 2.38. The van der Waals surface area contributed by atoms with Crippen molar-refractivity contribution >= 4 is 33.2 Å². The highest BCUT2D eigenvalue weighted by molar-refractivity contribution is 9.10. The van der Waals surface area contributed by atoms with Gasteiger partial charge in [0, 0.05) is 17.5 Å². The van der Waals surface area contributed by atoms with Crippen LogP contribution in [0.4, 0.5) is 11.4 Å². The fourth-order valence-corrected chi connectivity index (χ4v) is 2.39. The van der Waals surface area contributed by atoms with Gasteiger partial charge in [0.2, 0.25) is 5.91 Å². The number of morpholine rings is 1. The number of benzene rings is 1. The van der Waals surface area contributed by atoms with Crippen molar-refractivity contribution in [3.63, 3.8) is 0 Å². The molecule has 0 spiro atoms. The van der Waals surface area contributed by atoms with E-state index in [1.165, 1.54) is 6.92 Å². The van der Waals surface area contributed by atoms with Crippen molar-refractivity contribution in [3.8, 4) is 0 Å². The molecule has 1 heterocycles. The van der Waals surface area contributed by atoms with E-state index in [0.29, 0.717) is 37.7 Å². The highest BCUT2D eigenvalue weighted by Crippen LogP contribution is 2.34. The molecule has 1 aliphatic rings. The van der Waals surface area contributed by atoms with Crippen LogP contribution in [0.25, 0.3) is 0 Å². The van der Waals surface area contributed by atoms with Crippen LogP contribution in [0.5, 0.6) is 0 Å². The van der Waals surface area contributed by atoms with Crippen molar-refractivity contribution in [2.24, 2.45) is 0 Å². The summed E-state index contributed by atoms with van der Waals surface area (Å²) in [6.45, 7) is 3.06. The summed E-state index contributed by atoms with van der Waals surface area (Å²) in [6.07, 6.45) is 0. The molecule has 6 heteroatoms. The van der Waals surface area contributed by atoms with Crippen LogP contribution >= 0.6 is 15.9 Å². The van der Waals surface area contributed by atoms with Crippen LogP contribution in [0.3, 0.4) is 0 Å². The Morgan fingerprint density at radius 2 is 2.11 bits per heavy atom. The summed E-state index contributed by atoms with van der Waals surface area (Å²) in [5, 5.41) is 15.4. The maximum absolute atomic E-state index is 12.7. The number of halogens is 1. The fraction of sp³-hybridized carbons (Fsp3) is 0.417. The molecular weight excluding hydrogens is 300 g/mol. The summed E-state index contributed by atoms with van der Waals surface area (Å²) in [4.78, 5) is 11.2. The molecule has 5 nitrogen and oxygen atoms in total. The molecule has 1 aliphatic heterocycles. The van der Waals surface area contributed by atoms with E-state index in [-0.39, 0.29) is 5.91 Å². The van der Waals surface area contributed by atoms with Crippen LogP contribution in [0.2, 0.25) is 0 Å². The summed E-state index contributed by atoms with van der Waals surface area (Å²) < 4.78 is 5.59. The number of carbonyl (C=O) groups is 1. The lowest BCUT2D eigenvalue weighted by atomic mass is 10.2. The minimum atomic E-state index is -0.455. The van der Waals surface area contributed by atoms with Crippen molar-refractivity contribution in [1.29, 1.82) is 0 Å². The third kappa shape index (κ3) is 2.89. The maximum atomic E-state index is 12.7. The van der Waals surface area contributed by atoms with E-state index < -0.39 is 4.65 Å². The van der Waals surface area contributed by atoms with Gasteiger partial charge in [0.25, 0.3) is 0 Å². The zero-order valence-corrected chi connectivity index (χ0v) is 11.7. The standard InChI is InChI=1S/C12H15BrN2O3/c1-9(16)14-11-8-10(13)2-3-12(11)15(17)4-6-18-7-5-15/h2-3,8H,4-7H2,1H3,(H,14,16). The van der Waals surface area contributed by atoms with Gasteiger partial charge < -0.3 is 19.9 Å². The summed E-state index contributed by atoms with van der Waals surface area (Å²) in [5.41, 5.74) is 1.14. The zero-order chi connectivity index (χ0) is 13.2. The monoisotopic (exact) mass is 314 g/mol. The molecule has 1 aromatic rings. The molecule has 1 fully saturated rings. The lowest BCUT2D eigenvalue weighted by molar-refractivity contribution is -0.114. The number of ether oxygens (including phenoxy) is 1. The third-order valence-electron chi connectivity index (χ3n) is 2.90. The van der Waals surface area contributed by atoms with E-state index in [9.17, 15) is 10.0 Å². The average Bonchev–Trinajstić information content (AvgIpc) is 2.28. The van der Waals surface area contributed by atoms with Gasteiger partial charge in [0.1, 0.15) is 18.8 Å². The van der Waals surface area contributed by atoms with Crippen molar-refractivity contribution in [3.05, 3.63) is 27.9 Å². The summed E-state index contributed by atoms with van der Waals surface area (Å²) in [6, 6.07) is 5.33. The highest BCUT2D eigenvalue weighted by Gasteiger charge is 2.27. The van der Waals surface area contributed by atoms with Gasteiger partial charge in [-0.25, -0.2) is 0 Å². The number of anilines is 1. The molecule has 0 aliphatic carbocycles. The van der Waals surface area contributed by atoms with Crippen molar-refractivity contribution in [2.45, 2.75) is 6.92 Å². The van der Waals surface area contributed by atoms with Gasteiger partial charge in [-0.05, 0) is 12.1 Å². The number of hydroxylamine groups is 2. The molecule has 0 bridgehead atoms. The number of hydrogen-bond acceptors (Lipinski definition) is 3. The smallest absolute Gasteiger partial charge is 0.221 e. The van der Waals surface area contributed by atoms with Crippen LogP contribution in [-0.4, -0.2) is 32.2 Å². The Hall–Kier alpha value is -0.950. The SMILES string of the molecule is CC(=O)Nc1cc(Br)ccc1[N+]1([O-])CCOCC1. The van der Waals surface area contributed by atoms with Crippen molar-refractivity contribution in [1.82, 2.24) is 4.65 Å². The number of amides is 1. The van der Waals surface area contributed by atoms with Gasteiger partial charge in [-0.15, -0.1) is 0 Å². The van der Waals surface area contributed by atoms with Gasteiger partial charge in [-0.3, -0.25) is 4.79 Å². The van der Waals surface area contributed by atoms with E-state index in [1.807, 2.05) is 6.07 Å². The molecule has 0 atom stereocenters. The van der Waals surface area contributed by atoms with Crippen LogP contribution in [0.1, 0.15) is 6.92 Å². The van der Waals surface area contributed by atoms with Crippen LogP contribution in [-0.2, 0) is 9.53 Å². The molecule has 1 aromatic carbocycles. The number of carbonyl (C=O) groups excluding carboxylic acids is 1. The molecule has 1 N–H and O–H groups in total. The molecule has 98 valence electrons. The van der Waals surface area contributed by atoms with Crippen molar-refractivity contribution in [2.75, 3.05) is 31.6 Å². The lowest BCUT2D eigenvalue weighted by Crippen LogP contribution is -2.51. The second kappa shape index (κ2) is 5.36. The zero-order valence-electron chi connectivity index (χ0n) is 10.1. The molecule has 0 radical (unpaired) electrons. The van der Waals surface area contributed by atoms with E-state index in [4.69, 9.17) is 4.74 Å². The fourth-order valence-electron chi connectivity index (χ4n) is 2.03. The molecule has 1 saturated heterocycles. The molecule has 18 heavy (non-hydrogen) atoms. The minimum absolute atomic E-state index is 0.186. The van der Waals surface area contributed by atoms with E-state index in [1.54, 1.807) is 12.1 Å². The Kier molecular flexibility index (Phi) is 4.01. The lowest BCUT2D eigenvalue weighted by Gasteiger charge is -2.45. The van der Waals surface area contributed by atoms with Crippen LogP contribution < -0.4 is 9.96 Å². The first-order valence-corrected chi connectivity index (χ1v) is 6.54. The Labute approximate surface area is 114 Å². The average molecular weight is 315 g/mol. The quantitative estimate of drug-likeness (QED) is 0.672. The summed E-state index contributed by atoms with van der Waals surface area (Å²) in [7, 11) is 0. The highest BCUT2D eigenvalue weighted by atomic mass is 79.9. The molecule has 0 saturated carbocycles. The van der Waals surface area contributed by atoms with Crippen LogP contribution in [0, 0.1) is 5.21 Å². The number of rotatable bonds is 2. The first-order valence-electron chi connectivity index (χ1n) is 5.75. The van der Waals surface area contributed by atoms with Gasteiger partial charge in [-0.2, -0.15) is 0 Å². The summed E-state index contributed by atoms with van der Waals surface area (Å²) in [5.74, 6) is -0.186. The first-order chi connectivity index (χ1) is 8.51. The number of nitrogens with one attached hydrogen (secondary N) is 1. The number of hydrogen-bond donors (Lipinski definition) is 1. The topological polar surface area (TPSA) is 61.4 Å². The van der Waals surface area contributed by atoms with E-state index in [0.717, 1.165) is 4.47 Å². The maximum Gasteiger partial charge on any atom is 0.221 e. The molecule has 0 unspecified atom stereocenters. The van der Waals surface area contributed by atoms with Gasteiger partial charge in [0.15, 0.2) is 5.69 Å². The number of nitrogens with zero attached hydrogens (tertiary/aromatic N) is 1. The second-order valence-corrected chi connectivity index (χ2v) is 5.21. The summed E-state index contributed by atoms with van der Waals surface area (Å²) >= 11 is 3.34. The largest absolute Gasteiger partial charge is 0.627 e. The van der Waals surface area contributed by atoms with E-state index >= 15 is 0 Å². The number of quaternary nitrogens is 1. The first kappa shape index (κ1) is 13.5. The Morgan fingerprint density at radius 3 is 2.72 bits per heavy atom. The molecule has 0 aromatic heterocycles. The molecule has 1 amide bonds. The Bertz CT molecular complexity index is 459. The second-order valence-electron chi connectivity index (χ2n) is 4.29. The minimum Gasteiger partial charge on any atom is -0.627 e. The van der Waals surface area contributed by atoms with E-state index in [2.05, 4.69) is 21.2 Å². The third-order valence-corrected chi connectivity index (χ3v) is 3.40. The molecule has 2 rings (SSSR count). The van der Waals surface area contributed by atoms with Crippen LogP contribution in [0.15, 0.2) is 22.7 Å². The predicted octanol–water partition coefficient (Wildman–Crippen LogP) is 2.24. The Morgan fingerprint density at radius 1 is 1.44 bits per heavy atom. The van der Waals surface area contributed by atoms with Crippen molar-refractivity contribution < 1.29 is 9.53 Å². The normalized spacial score (nSPS) is 18.4. The van der Waals surface area contributed by atoms with Gasteiger partial charge >= 0.3 is 0 Å². The predicted molar refractivity (Wildman–Crippen MR) is 74.2 cm³/mol. The van der Waals surface area contributed by atoms with Gasteiger partial charge in [-0.1, -0.05) is 15.9 Å². The van der Waals surface area contributed by atoms with Gasteiger partial charge in [0.05, 0.1) is 13.2 Å². The molecular formula is C12H15BrN2O3.